The van der Waals surface area contributed by atoms with Crippen LogP contribution >= 0.6 is 0 Å². The largest absolute Gasteiger partial charge is 0.369 e. The van der Waals surface area contributed by atoms with Gasteiger partial charge >= 0.3 is 0 Å². The van der Waals surface area contributed by atoms with Crippen LogP contribution < -0.4 is 15.5 Å². The van der Waals surface area contributed by atoms with Crippen molar-refractivity contribution in [3.63, 3.8) is 0 Å². The molecule has 27 heavy (non-hydrogen) atoms. The summed E-state index contributed by atoms with van der Waals surface area (Å²) in [5, 5.41) is 6.21. The smallest absolute Gasteiger partial charge is 0.236 e. The van der Waals surface area contributed by atoms with Crippen molar-refractivity contribution in [3.05, 3.63) is 29.8 Å². The van der Waals surface area contributed by atoms with Gasteiger partial charge in [-0.2, -0.15) is 4.31 Å². The number of carbonyl (C=O) groups is 1. The lowest BCUT2D eigenvalue weighted by Gasteiger charge is -2.35. The van der Waals surface area contributed by atoms with Crippen molar-refractivity contribution in [2.45, 2.75) is 38.8 Å². The second kappa shape index (κ2) is 8.58. The van der Waals surface area contributed by atoms with Gasteiger partial charge in [-0.15, -0.1) is 0 Å². The van der Waals surface area contributed by atoms with Crippen LogP contribution in [0, 0.1) is 6.92 Å². The summed E-state index contributed by atoms with van der Waals surface area (Å²) in [7, 11) is -3.58. The molecule has 7 nitrogen and oxygen atoms in total. The Labute approximate surface area is 162 Å². The molecule has 2 heterocycles. The van der Waals surface area contributed by atoms with Gasteiger partial charge in [-0.1, -0.05) is 12.1 Å². The van der Waals surface area contributed by atoms with E-state index in [0.29, 0.717) is 32.2 Å². The van der Waals surface area contributed by atoms with Crippen molar-refractivity contribution in [1.29, 1.82) is 0 Å². The van der Waals surface area contributed by atoms with Gasteiger partial charge in [-0.25, -0.2) is 8.42 Å². The van der Waals surface area contributed by atoms with E-state index in [-0.39, 0.29) is 6.04 Å². The Hall–Kier alpha value is -1.64. The molecule has 150 valence electrons. The molecule has 2 aliphatic heterocycles. The number of piperazine rings is 1. The molecule has 8 heteroatoms. The topological polar surface area (TPSA) is 81.8 Å². The monoisotopic (exact) mass is 394 g/mol. The SMILES string of the molecule is Cc1cccc(N2CCN(S(=O)(=O)CC(=O)NC3CCNC(C)C3)CC2)c1. The third kappa shape index (κ3) is 5.43. The summed E-state index contributed by atoms with van der Waals surface area (Å²) in [5.41, 5.74) is 2.30. The number of nitrogens with one attached hydrogen (secondary N) is 2. The normalized spacial score (nSPS) is 24.6. The first kappa shape index (κ1) is 20.1. The maximum Gasteiger partial charge on any atom is 0.236 e. The van der Waals surface area contributed by atoms with Crippen LogP contribution in [0.4, 0.5) is 5.69 Å². The fraction of sp³-hybridized carbons (Fsp3) is 0.632. The van der Waals surface area contributed by atoms with Crippen LogP contribution in [0.5, 0.6) is 0 Å². The van der Waals surface area contributed by atoms with E-state index in [1.54, 1.807) is 0 Å². The summed E-state index contributed by atoms with van der Waals surface area (Å²) in [4.78, 5) is 14.4. The number of aryl methyl sites for hydroxylation is 1. The summed E-state index contributed by atoms with van der Waals surface area (Å²) in [6.45, 7) is 7.06. The lowest BCUT2D eigenvalue weighted by atomic mass is 10.0. The first-order valence-corrected chi connectivity index (χ1v) is 11.3. The maximum atomic E-state index is 12.6. The molecule has 0 bridgehead atoms. The van der Waals surface area contributed by atoms with Crippen LogP contribution in [0.25, 0.3) is 0 Å². The Morgan fingerprint density at radius 1 is 1.26 bits per heavy atom. The lowest BCUT2D eigenvalue weighted by Crippen LogP contribution is -2.52. The summed E-state index contributed by atoms with van der Waals surface area (Å²) in [5.74, 6) is -0.856. The third-order valence-corrected chi connectivity index (χ3v) is 7.08. The Morgan fingerprint density at radius 2 is 2.00 bits per heavy atom. The summed E-state index contributed by atoms with van der Waals surface area (Å²) in [6.07, 6.45) is 1.67. The molecule has 0 aromatic heterocycles. The van der Waals surface area contributed by atoms with E-state index in [0.717, 1.165) is 25.1 Å². The molecule has 3 rings (SSSR count). The number of benzene rings is 1. The van der Waals surface area contributed by atoms with E-state index in [2.05, 4.69) is 28.5 Å². The highest BCUT2D eigenvalue weighted by molar-refractivity contribution is 7.89. The summed E-state index contributed by atoms with van der Waals surface area (Å²) in [6, 6.07) is 8.62. The fourth-order valence-electron chi connectivity index (χ4n) is 3.84. The highest BCUT2D eigenvalue weighted by atomic mass is 32.2. The van der Waals surface area contributed by atoms with E-state index in [4.69, 9.17) is 0 Å². The minimum absolute atomic E-state index is 0.0575. The Morgan fingerprint density at radius 3 is 2.67 bits per heavy atom. The van der Waals surface area contributed by atoms with Gasteiger partial charge in [0.1, 0.15) is 5.75 Å². The van der Waals surface area contributed by atoms with Gasteiger partial charge in [0.25, 0.3) is 0 Å². The number of rotatable bonds is 5. The second-order valence-electron chi connectivity index (χ2n) is 7.63. The molecule has 2 saturated heterocycles. The second-order valence-corrected chi connectivity index (χ2v) is 9.59. The fourth-order valence-corrected chi connectivity index (χ4v) is 5.16. The van der Waals surface area contributed by atoms with E-state index in [9.17, 15) is 13.2 Å². The third-order valence-electron chi connectivity index (χ3n) is 5.30. The number of sulfonamides is 1. The Kier molecular flexibility index (Phi) is 6.39. The maximum absolute atomic E-state index is 12.6. The van der Waals surface area contributed by atoms with E-state index in [1.807, 2.05) is 25.1 Å². The number of hydrogen-bond acceptors (Lipinski definition) is 5. The van der Waals surface area contributed by atoms with Gasteiger partial charge in [-0.05, 0) is 50.9 Å². The van der Waals surface area contributed by atoms with Gasteiger partial charge < -0.3 is 15.5 Å². The van der Waals surface area contributed by atoms with Crippen molar-refractivity contribution < 1.29 is 13.2 Å². The van der Waals surface area contributed by atoms with Crippen LogP contribution in [-0.4, -0.2) is 69.2 Å². The average Bonchev–Trinajstić information content (AvgIpc) is 2.61. The van der Waals surface area contributed by atoms with Crippen molar-refractivity contribution >= 4 is 21.6 Å². The summed E-state index contributed by atoms with van der Waals surface area (Å²) < 4.78 is 26.7. The number of anilines is 1. The lowest BCUT2D eigenvalue weighted by molar-refractivity contribution is -0.119. The van der Waals surface area contributed by atoms with E-state index >= 15 is 0 Å². The molecule has 1 aromatic rings. The van der Waals surface area contributed by atoms with Gasteiger partial charge in [0.15, 0.2) is 0 Å². The van der Waals surface area contributed by atoms with Crippen LogP contribution in [0.2, 0.25) is 0 Å². The molecular formula is C19H30N4O3S. The molecule has 0 spiro atoms. The van der Waals surface area contributed by atoms with E-state index in [1.165, 1.54) is 9.87 Å². The molecular weight excluding hydrogens is 364 g/mol. The molecule has 0 radical (unpaired) electrons. The molecule has 2 aliphatic rings. The van der Waals surface area contributed by atoms with Crippen molar-refractivity contribution in [1.82, 2.24) is 14.9 Å². The van der Waals surface area contributed by atoms with Crippen molar-refractivity contribution in [2.24, 2.45) is 0 Å². The highest BCUT2D eigenvalue weighted by Gasteiger charge is 2.30. The van der Waals surface area contributed by atoms with Crippen LogP contribution in [0.15, 0.2) is 24.3 Å². The Balaban J connectivity index is 1.51. The quantitative estimate of drug-likeness (QED) is 0.769. The standard InChI is InChI=1S/C19H30N4O3S/c1-15-4-3-5-18(12-15)22-8-10-23(11-9-22)27(25,26)14-19(24)21-17-6-7-20-16(2)13-17/h3-5,12,16-17,20H,6-11,13-14H2,1-2H3,(H,21,24). The van der Waals surface area contributed by atoms with Crippen molar-refractivity contribution in [3.8, 4) is 0 Å². The van der Waals surface area contributed by atoms with Crippen LogP contribution in [0.3, 0.4) is 0 Å². The van der Waals surface area contributed by atoms with Gasteiger partial charge in [0.05, 0.1) is 0 Å². The van der Waals surface area contributed by atoms with Crippen LogP contribution in [0.1, 0.15) is 25.3 Å². The molecule has 2 atom stereocenters. The molecule has 1 amide bonds. The van der Waals surface area contributed by atoms with Crippen molar-refractivity contribution in [2.75, 3.05) is 43.4 Å². The molecule has 0 saturated carbocycles. The van der Waals surface area contributed by atoms with Crippen LogP contribution in [-0.2, 0) is 14.8 Å². The number of hydrogen-bond donors (Lipinski definition) is 2. The first-order valence-electron chi connectivity index (χ1n) is 9.66. The molecule has 2 fully saturated rings. The van der Waals surface area contributed by atoms with Gasteiger partial charge in [-0.3, -0.25) is 4.79 Å². The van der Waals surface area contributed by atoms with Gasteiger partial charge in [0.2, 0.25) is 15.9 Å². The first-order chi connectivity index (χ1) is 12.8. The predicted octanol–water partition coefficient (Wildman–Crippen LogP) is 0.704. The average molecular weight is 395 g/mol. The molecule has 2 unspecified atom stereocenters. The number of piperidine rings is 1. The minimum atomic E-state index is -3.58. The molecule has 1 aromatic carbocycles. The highest BCUT2D eigenvalue weighted by Crippen LogP contribution is 2.19. The van der Waals surface area contributed by atoms with Gasteiger partial charge in [0, 0.05) is 44.0 Å². The summed E-state index contributed by atoms with van der Waals surface area (Å²) >= 11 is 0. The number of nitrogens with zero attached hydrogens (tertiary/aromatic N) is 2. The molecule has 2 N–H and O–H groups in total. The Bertz CT molecular complexity index is 760. The zero-order chi connectivity index (χ0) is 19.4. The van der Waals surface area contributed by atoms with E-state index < -0.39 is 21.7 Å². The predicted molar refractivity (Wildman–Crippen MR) is 107 cm³/mol. The zero-order valence-electron chi connectivity index (χ0n) is 16.1. The minimum Gasteiger partial charge on any atom is -0.369 e. The zero-order valence-corrected chi connectivity index (χ0v) is 17.0. The number of carbonyl (C=O) groups excluding carboxylic acids is 1. The number of amides is 1. The molecule has 0 aliphatic carbocycles.